The first kappa shape index (κ1) is 51.1. The van der Waals surface area contributed by atoms with E-state index in [1.54, 1.807) is 26.8 Å². The van der Waals surface area contributed by atoms with Gasteiger partial charge < -0.3 is 53.8 Å². The summed E-state index contributed by atoms with van der Waals surface area (Å²) in [6.07, 6.45) is 1.14. The number of aliphatic hydroxyl groups is 3. The second-order valence-corrected chi connectivity index (χ2v) is 20.5. The molecule has 68 heavy (non-hydrogen) atoms. The van der Waals surface area contributed by atoms with Gasteiger partial charge in [-0.25, -0.2) is 9.59 Å². The Labute approximate surface area is 395 Å². The number of nitrogens with zero attached hydrogens (tertiary/aromatic N) is 1. The minimum atomic E-state index is -2.17. The van der Waals surface area contributed by atoms with Crippen LogP contribution in [0.5, 0.6) is 0 Å². The van der Waals surface area contributed by atoms with Gasteiger partial charge in [-0.1, -0.05) is 58.1 Å². The lowest BCUT2D eigenvalue weighted by Gasteiger charge is -2.57. The Hall–Kier alpha value is -4.79. The molecule has 0 aromatic carbocycles. The molecule has 3 saturated heterocycles. The zero-order valence-corrected chi connectivity index (χ0v) is 40.2. The van der Waals surface area contributed by atoms with Crippen LogP contribution in [0.4, 0.5) is 4.79 Å². The first-order valence-corrected chi connectivity index (χ1v) is 23.5. The summed E-state index contributed by atoms with van der Waals surface area (Å²) in [6, 6.07) is -1.11. The van der Waals surface area contributed by atoms with Gasteiger partial charge in [-0.3, -0.25) is 24.5 Å². The Kier molecular flexibility index (Phi) is 14.4. The van der Waals surface area contributed by atoms with E-state index in [4.69, 9.17) is 33.2 Å². The first-order chi connectivity index (χ1) is 31.9. The number of methoxy groups -OCH3 is 1. The number of carbonyl (C=O) groups is 5. The van der Waals surface area contributed by atoms with Gasteiger partial charge >= 0.3 is 18.0 Å². The second kappa shape index (κ2) is 19.2. The zero-order valence-electron chi connectivity index (χ0n) is 40.2. The van der Waals surface area contributed by atoms with Gasteiger partial charge in [0.1, 0.15) is 35.9 Å². The maximum absolute atomic E-state index is 15.3. The van der Waals surface area contributed by atoms with Gasteiger partial charge in [0.15, 0.2) is 18.2 Å². The summed E-state index contributed by atoms with van der Waals surface area (Å²) in [5.41, 5.74) is -5.50. The number of ketones is 1. The van der Waals surface area contributed by atoms with Crippen LogP contribution in [0.15, 0.2) is 58.9 Å². The van der Waals surface area contributed by atoms with Crippen LogP contribution in [-0.2, 0) is 52.3 Å². The molecule has 0 aromatic rings. The molecule has 4 N–H and O–H groups in total. The highest BCUT2D eigenvalue weighted by molar-refractivity contribution is 6.26. The number of aldehydes is 1. The van der Waals surface area contributed by atoms with Crippen LogP contribution in [0.3, 0.4) is 0 Å². The number of alkyl carbamates (subject to hydrolysis) is 1. The summed E-state index contributed by atoms with van der Waals surface area (Å²) >= 11 is 0. The summed E-state index contributed by atoms with van der Waals surface area (Å²) in [4.78, 5) is 78.5. The van der Waals surface area contributed by atoms with Crippen LogP contribution in [0.1, 0.15) is 88.0 Å². The fraction of sp³-hybridized carbons (Fsp3) is 0.694. The second-order valence-electron chi connectivity index (χ2n) is 20.5. The predicted octanol–water partition coefficient (Wildman–Crippen LogP) is 4.51. The molecule has 4 aliphatic carbocycles. The third kappa shape index (κ3) is 8.87. The summed E-state index contributed by atoms with van der Waals surface area (Å²) in [7, 11) is 1.14. The summed E-state index contributed by atoms with van der Waals surface area (Å²) < 4.78 is 42.0. The number of amides is 1. The molecule has 1 saturated carbocycles. The van der Waals surface area contributed by atoms with Crippen molar-refractivity contribution in [3.63, 3.8) is 0 Å². The number of fused-ring (bicyclic) bond motifs is 4. The number of Topliss-reactive ketones (excluding diaryl/α,β-unsaturated/α-hetero) is 1. The number of ether oxygens (including phenoxy) is 7. The smallest absolute Gasteiger partial charge is 0.407 e. The van der Waals surface area contributed by atoms with Crippen LogP contribution >= 0.6 is 0 Å². The van der Waals surface area contributed by atoms with Crippen LogP contribution in [0.2, 0.25) is 0 Å². The highest BCUT2D eigenvalue weighted by Crippen LogP contribution is 2.61. The molecular formula is C49H66N2O17. The number of aliphatic hydroxyl groups excluding tert-OH is 3. The van der Waals surface area contributed by atoms with Gasteiger partial charge in [0.05, 0.1) is 50.0 Å². The van der Waals surface area contributed by atoms with Crippen LogP contribution in [-0.4, -0.2) is 130 Å². The van der Waals surface area contributed by atoms with E-state index in [0.29, 0.717) is 18.3 Å². The highest BCUT2D eigenvalue weighted by atomic mass is 16.7. The summed E-state index contributed by atoms with van der Waals surface area (Å²) in [5, 5.41) is 50.7. The normalized spacial score (nSPS) is 45.3. The molecule has 0 radical (unpaired) electrons. The molecule has 1 amide bonds. The third-order valence-electron chi connectivity index (χ3n) is 16.0. The Bertz CT molecular complexity index is 2200. The third-order valence-corrected chi connectivity index (χ3v) is 16.0. The standard InChI is InChI=1S/C49H66N2O17/c1-22-11-14-34(66-37-20-47(8,51(60)61)42(27(6)64-37)50-46(59)62-10)23(2)16-32-33(54)17-29(21-52)19-49(32)44(57)38(45(58)68-49)43(56)48(9)31(22)13-12-30-39(48)24(3)15-25(4)41(30)67-36-18-35(65-28(7)53)40(55)26(5)63-36/h11-14,16-17,21-22,24-27,30-37,39-42,54-56H,15,18-20H2,1-10H3,(H,50,59)/b14-11+,23-16?,43-38?/t22?,24-,25-,26-,27+,30-,31-,32+,33-,34-,35+,36-,37-,39+,40-,41-,42-,47-,48+,49?/m0/s1. The lowest BCUT2D eigenvalue weighted by molar-refractivity contribution is -0.584. The predicted molar refractivity (Wildman–Crippen MR) is 238 cm³/mol. The minimum absolute atomic E-state index is 0.00782. The van der Waals surface area contributed by atoms with Gasteiger partial charge in [-0.2, -0.15) is 0 Å². The Morgan fingerprint density at radius 1 is 0.941 bits per heavy atom. The van der Waals surface area contributed by atoms with Crippen molar-refractivity contribution in [3.8, 4) is 0 Å². The van der Waals surface area contributed by atoms with Gasteiger partial charge in [-0.15, -0.1) is 0 Å². The van der Waals surface area contributed by atoms with E-state index < -0.39 is 154 Å². The number of rotatable bonds is 8. The quantitative estimate of drug-likeness (QED) is 0.0496. The number of carbonyl (C=O) groups excluding carboxylic acids is 5. The zero-order chi connectivity index (χ0) is 49.9. The van der Waals surface area contributed by atoms with Crippen molar-refractivity contribution < 1.29 is 77.4 Å². The minimum Gasteiger partial charge on any atom is -0.511 e. The molecule has 20 atom stereocenters. The van der Waals surface area contributed by atoms with E-state index in [1.165, 1.54) is 26.0 Å². The molecule has 3 heterocycles. The summed E-state index contributed by atoms with van der Waals surface area (Å²) in [6.45, 7) is 15.4. The maximum Gasteiger partial charge on any atom is 0.407 e. The van der Waals surface area contributed by atoms with Gasteiger partial charge in [0, 0.05) is 42.9 Å². The average molecular weight is 955 g/mol. The summed E-state index contributed by atoms with van der Waals surface area (Å²) in [5.74, 6) is -6.55. The molecule has 3 aliphatic heterocycles. The number of hydrogen-bond acceptors (Lipinski definition) is 17. The van der Waals surface area contributed by atoms with Gasteiger partial charge in [0.2, 0.25) is 11.3 Å². The first-order valence-electron chi connectivity index (χ1n) is 23.5. The molecule has 374 valence electrons. The van der Waals surface area contributed by atoms with Crippen molar-refractivity contribution in [3.05, 3.63) is 69.0 Å². The molecule has 0 aromatic heterocycles. The Morgan fingerprint density at radius 3 is 2.28 bits per heavy atom. The Balaban J connectivity index is 1.34. The highest BCUT2D eigenvalue weighted by Gasteiger charge is 2.65. The molecule has 19 nitrogen and oxygen atoms in total. The van der Waals surface area contributed by atoms with Crippen LogP contribution < -0.4 is 5.32 Å². The van der Waals surface area contributed by atoms with Gasteiger partial charge in [0.25, 0.3) is 0 Å². The van der Waals surface area contributed by atoms with E-state index >= 15 is 4.79 Å². The van der Waals surface area contributed by atoms with Crippen molar-refractivity contribution in [2.24, 2.45) is 46.8 Å². The van der Waals surface area contributed by atoms with Gasteiger partial charge in [-0.05, 0) is 74.0 Å². The monoisotopic (exact) mass is 954 g/mol. The molecule has 4 fully saturated rings. The van der Waals surface area contributed by atoms with Crippen molar-refractivity contribution in [1.82, 2.24) is 5.32 Å². The molecular weight excluding hydrogens is 889 g/mol. The molecule has 19 heteroatoms. The molecule has 7 rings (SSSR count). The fourth-order valence-electron chi connectivity index (χ4n) is 12.7. The molecule has 2 unspecified atom stereocenters. The largest absolute Gasteiger partial charge is 0.511 e. The van der Waals surface area contributed by atoms with Crippen LogP contribution in [0.25, 0.3) is 0 Å². The van der Waals surface area contributed by atoms with Crippen LogP contribution in [0, 0.1) is 57.0 Å². The van der Waals surface area contributed by atoms with E-state index in [2.05, 4.69) is 12.2 Å². The number of nitrogens with one attached hydrogen (secondary N) is 1. The molecule has 2 bridgehead atoms. The lowest BCUT2D eigenvalue weighted by atomic mass is 9.48. The van der Waals surface area contributed by atoms with Crippen molar-refractivity contribution in [1.29, 1.82) is 0 Å². The van der Waals surface area contributed by atoms with Crippen molar-refractivity contribution >= 4 is 30.1 Å². The molecule has 7 aliphatic rings. The van der Waals surface area contributed by atoms with E-state index in [-0.39, 0.29) is 30.3 Å². The number of nitro groups is 1. The lowest BCUT2D eigenvalue weighted by Crippen LogP contribution is -2.65. The molecule has 1 spiro atoms. The fourth-order valence-corrected chi connectivity index (χ4v) is 12.7. The van der Waals surface area contributed by atoms with Crippen molar-refractivity contribution in [2.45, 2.75) is 160 Å². The van der Waals surface area contributed by atoms with E-state index in [0.717, 1.165) is 7.11 Å². The topological polar surface area (TPSA) is 266 Å². The van der Waals surface area contributed by atoms with Crippen molar-refractivity contribution in [2.75, 3.05) is 7.11 Å². The number of allylic oxidation sites excluding steroid dienone is 3. The SMILES string of the molecule is COC(=O)N[C@H]1[C@@H](C)O[C@@H](O[C@H]2/C=C/C(C)[C@@H]3C=C[C@@H]4[C@@H](O[C@H]5C[C@@H](OC(C)=O)[C@@H](O)[C@H](C)O5)[C@@H](C)C[C@H](C)[C@H]4[C@]3(C)C(O)=C3C(=O)OC4(CC(C=O)=C[C@H](O)[C@H]4C=C2C)C3=O)C[C@]1(C)[N+](=O)[O-]. The average Bonchev–Trinajstić information content (AvgIpc) is 3.51. The number of esters is 2. The maximum atomic E-state index is 15.3. The van der Waals surface area contributed by atoms with E-state index in [9.17, 15) is 44.6 Å². The van der Waals surface area contributed by atoms with E-state index in [1.807, 2.05) is 39.0 Å². The Morgan fingerprint density at radius 2 is 1.63 bits per heavy atom. The number of hydrogen-bond donors (Lipinski definition) is 4.